The van der Waals surface area contributed by atoms with Crippen molar-refractivity contribution < 1.29 is 48.7 Å². The molecule has 5 atom stereocenters. The van der Waals surface area contributed by atoms with Gasteiger partial charge in [-0.05, 0) is 6.42 Å². The molecule has 0 saturated carbocycles. The van der Waals surface area contributed by atoms with E-state index in [4.69, 9.17) is 25.1 Å². The standard InChI is InChI=1S/C12H15NO10/c13-6(21-11(16)17)3-5(9(15)23-12(18)19)8-7(14)4-1-2-20-10(4)22-8/h4-5,7-8,10,13-14H,1-3H2,(H,16,17)(H,18,19). The second-order valence-electron chi connectivity index (χ2n) is 5.07. The average molecular weight is 333 g/mol. The Hall–Kier alpha value is -2.24. The summed E-state index contributed by atoms with van der Waals surface area (Å²) in [5.41, 5.74) is 0. The van der Waals surface area contributed by atoms with Crippen molar-refractivity contribution >= 4 is 24.2 Å². The summed E-state index contributed by atoms with van der Waals surface area (Å²) < 4.78 is 18.8. The molecule has 0 radical (unpaired) electrons. The molecule has 0 amide bonds. The number of hydrogen-bond acceptors (Lipinski definition) is 9. The quantitative estimate of drug-likeness (QED) is 0.237. The lowest BCUT2D eigenvalue weighted by atomic mass is 9.89. The maximum absolute atomic E-state index is 11.9. The predicted octanol–water partition coefficient (Wildman–Crippen LogP) is 0.00807. The van der Waals surface area contributed by atoms with Gasteiger partial charge in [0, 0.05) is 12.3 Å². The third-order valence-electron chi connectivity index (χ3n) is 3.65. The number of nitrogens with one attached hydrogen (secondary N) is 1. The number of rotatable bonds is 4. The van der Waals surface area contributed by atoms with Gasteiger partial charge in [0.1, 0.15) is 6.10 Å². The summed E-state index contributed by atoms with van der Waals surface area (Å²) in [7, 11) is 0. The molecule has 2 saturated heterocycles. The molecule has 0 aromatic carbocycles. The van der Waals surface area contributed by atoms with Gasteiger partial charge in [-0.2, -0.15) is 0 Å². The first-order valence-corrected chi connectivity index (χ1v) is 6.67. The molecular weight excluding hydrogens is 318 g/mol. The molecule has 0 aromatic rings. The minimum absolute atomic E-state index is 0.376. The summed E-state index contributed by atoms with van der Waals surface area (Å²) in [6.45, 7) is 0.376. The molecule has 4 N–H and O–H groups in total. The van der Waals surface area contributed by atoms with Crippen molar-refractivity contribution in [3.05, 3.63) is 0 Å². The van der Waals surface area contributed by atoms with Crippen LogP contribution < -0.4 is 0 Å². The third-order valence-corrected chi connectivity index (χ3v) is 3.65. The first-order chi connectivity index (χ1) is 10.8. The minimum atomic E-state index is -1.87. The topological polar surface area (TPSA) is 173 Å². The summed E-state index contributed by atoms with van der Waals surface area (Å²) in [4.78, 5) is 32.8. The Morgan fingerprint density at radius 3 is 2.43 bits per heavy atom. The van der Waals surface area contributed by atoms with Gasteiger partial charge in [-0.15, -0.1) is 0 Å². The molecule has 2 rings (SSSR count). The Morgan fingerprint density at radius 1 is 1.22 bits per heavy atom. The lowest BCUT2D eigenvalue weighted by Crippen LogP contribution is -2.40. The lowest BCUT2D eigenvalue weighted by molar-refractivity contribution is -0.162. The Labute approximate surface area is 129 Å². The normalized spacial score (nSPS) is 30.3. The molecule has 0 aromatic heterocycles. The maximum atomic E-state index is 11.9. The highest BCUT2D eigenvalue weighted by molar-refractivity contribution is 5.89. The number of esters is 1. The fraction of sp³-hybridized carbons (Fsp3) is 0.667. The van der Waals surface area contributed by atoms with Crippen molar-refractivity contribution in [1.29, 1.82) is 5.41 Å². The molecule has 11 heteroatoms. The molecule has 0 bridgehead atoms. The van der Waals surface area contributed by atoms with E-state index in [1.54, 1.807) is 0 Å². The summed E-state index contributed by atoms with van der Waals surface area (Å²) in [5.74, 6) is -3.91. The van der Waals surface area contributed by atoms with Crippen LogP contribution in [0.25, 0.3) is 0 Å². The highest BCUT2D eigenvalue weighted by Crippen LogP contribution is 2.39. The van der Waals surface area contributed by atoms with Crippen LogP contribution in [0.1, 0.15) is 12.8 Å². The van der Waals surface area contributed by atoms with E-state index in [1.807, 2.05) is 0 Å². The zero-order valence-corrected chi connectivity index (χ0v) is 11.7. The maximum Gasteiger partial charge on any atom is 0.513 e. The van der Waals surface area contributed by atoms with Gasteiger partial charge in [0.2, 0.25) is 0 Å². The number of aliphatic hydroxyl groups excluding tert-OH is 1. The first kappa shape index (κ1) is 17.1. The van der Waals surface area contributed by atoms with Crippen molar-refractivity contribution in [2.75, 3.05) is 6.61 Å². The van der Waals surface area contributed by atoms with E-state index in [-0.39, 0.29) is 0 Å². The number of carbonyl (C=O) groups is 3. The lowest BCUT2D eigenvalue weighted by Gasteiger charge is -2.24. The monoisotopic (exact) mass is 333 g/mol. The minimum Gasteiger partial charge on any atom is -0.449 e. The summed E-state index contributed by atoms with van der Waals surface area (Å²) in [6, 6.07) is 0. The Kier molecular flexibility index (Phi) is 5.13. The number of ether oxygens (including phenoxy) is 4. The summed E-state index contributed by atoms with van der Waals surface area (Å²) in [5, 5.41) is 34.6. The molecule has 128 valence electrons. The van der Waals surface area contributed by atoms with Crippen LogP contribution in [0, 0.1) is 17.2 Å². The zero-order valence-electron chi connectivity index (χ0n) is 11.7. The van der Waals surface area contributed by atoms with E-state index < -0.39 is 60.9 Å². The zero-order chi connectivity index (χ0) is 17.1. The fourth-order valence-electron chi connectivity index (χ4n) is 2.71. The van der Waals surface area contributed by atoms with Gasteiger partial charge in [0.25, 0.3) is 0 Å². The molecule has 2 aliphatic heterocycles. The van der Waals surface area contributed by atoms with Crippen LogP contribution in [-0.4, -0.2) is 64.6 Å². The van der Waals surface area contributed by atoms with Gasteiger partial charge in [0.05, 0.1) is 18.6 Å². The summed E-state index contributed by atoms with van der Waals surface area (Å²) in [6.07, 6.45) is -6.83. The van der Waals surface area contributed by atoms with Crippen LogP contribution in [0.3, 0.4) is 0 Å². The number of carboxylic acid groups (broad SMARTS) is 2. The van der Waals surface area contributed by atoms with Gasteiger partial charge in [-0.1, -0.05) is 0 Å². The van der Waals surface area contributed by atoms with Crippen molar-refractivity contribution in [3.63, 3.8) is 0 Å². The van der Waals surface area contributed by atoms with Crippen molar-refractivity contribution in [2.24, 2.45) is 11.8 Å². The van der Waals surface area contributed by atoms with E-state index in [0.717, 1.165) is 0 Å². The second kappa shape index (κ2) is 6.89. The van der Waals surface area contributed by atoms with Gasteiger partial charge in [0.15, 0.2) is 12.2 Å². The van der Waals surface area contributed by atoms with Gasteiger partial charge in [-0.3, -0.25) is 10.2 Å². The third kappa shape index (κ3) is 3.94. The molecule has 11 nitrogen and oxygen atoms in total. The van der Waals surface area contributed by atoms with Crippen molar-refractivity contribution in [1.82, 2.24) is 0 Å². The van der Waals surface area contributed by atoms with Gasteiger partial charge >= 0.3 is 18.3 Å². The molecular formula is C12H15NO10. The number of fused-ring (bicyclic) bond motifs is 1. The summed E-state index contributed by atoms with van der Waals surface area (Å²) >= 11 is 0. The first-order valence-electron chi connectivity index (χ1n) is 6.67. The van der Waals surface area contributed by atoms with Crippen LogP contribution in [0.2, 0.25) is 0 Å². The molecule has 5 unspecified atom stereocenters. The average Bonchev–Trinajstić information content (AvgIpc) is 2.98. The van der Waals surface area contributed by atoms with Crippen molar-refractivity contribution in [2.45, 2.75) is 31.3 Å². The van der Waals surface area contributed by atoms with E-state index in [0.29, 0.717) is 13.0 Å². The second-order valence-corrected chi connectivity index (χ2v) is 5.07. The van der Waals surface area contributed by atoms with Crippen molar-refractivity contribution in [3.8, 4) is 0 Å². The van der Waals surface area contributed by atoms with E-state index in [1.165, 1.54) is 0 Å². The Balaban J connectivity index is 2.12. The highest BCUT2D eigenvalue weighted by Gasteiger charge is 2.52. The number of aliphatic hydroxyl groups is 1. The van der Waals surface area contributed by atoms with Gasteiger partial charge < -0.3 is 34.3 Å². The molecule has 2 fully saturated rings. The predicted molar refractivity (Wildman–Crippen MR) is 67.8 cm³/mol. The largest absolute Gasteiger partial charge is 0.513 e. The van der Waals surface area contributed by atoms with Crippen LogP contribution in [-0.2, 0) is 23.7 Å². The Morgan fingerprint density at radius 2 is 1.87 bits per heavy atom. The molecule has 2 heterocycles. The van der Waals surface area contributed by atoms with Crippen LogP contribution in [0.15, 0.2) is 0 Å². The highest BCUT2D eigenvalue weighted by atomic mass is 16.7. The molecule has 23 heavy (non-hydrogen) atoms. The number of hydrogen-bond donors (Lipinski definition) is 4. The van der Waals surface area contributed by atoms with Gasteiger partial charge in [-0.25, -0.2) is 9.59 Å². The van der Waals surface area contributed by atoms with E-state index >= 15 is 0 Å². The molecule has 0 aliphatic carbocycles. The van der Waals surface area contributed by atoms with Crippen LogP contribution in [0.4, 0.5) is 9.59 Å². The van der Waals surface area contributed by atoms with E-state index in [9.17, 15) is 19.5 Å². The molecule has 0 spiro atoms. The SMILES string of the molecule is N=C(CC(C(=O)OC(=O)O)C1OC2OCCC2C1O)OC(=O)O. The fourth-order valence-corrected chi connectivity index (χ4v) is 2.71. The Bertz CT molecular complexity index is 520. The van der Waals surface area contributed by atoms with E-state index in [2.05, 4.69) is 9.47 Å². The van der Waals surface area contributed by atoms with Crippen LogP contribution >= 0.6 is 0 Å². The molecule has 2 aliphatic rings. The number of carbonyl (C=O) groups excluding carboxylic acids is 1. The smallest absolute Gasteiger partial charge is 0.449 e. The van der Waals surface area contributed by atoms with Crippen LogP contribution in [0.5, 0.6) is 0 Å².